The first-order chi connectivity index (χ1) is 6.63. The Morgan fingerprint density at radius 1 is 1.57 bits per heavy atom. The second kappa shape index (κ2) is 5.08. The van der Waals surface area contributed by atoms with Gasteiger partial charge in [-0.25, -0.2) is 4.39 Å². The monoisotopic (exact) mass is 215 g/mol. The molecule has 1 aromatic rings. The standard InChI is InChI=1S/C10H11ClFNO/c1-13-6-8(14)4-7-2-3-10(12)9(11)5-7/h2-3,5,13H,4,6H2,1H3. The predicted molar refractivity (Wildman–Crippen MR) is 54.0 cm³/mol. The van der Waals surface area contributed by atoms with Gasteiger partial charge in [-0.1, -0.05) is 17.7 Å². The quantitative estimate of drug-likeness (QED) is 0.830. The van der Waals surface area contributed by atoms with E-state index < -0.39 is 5.82 Å². The van der Waals surface area contributed by atoms with Crippen LogP contribution in [-0.4, -0.2) is 19.4 Å². The Hall–Kier alpha value is -0.930. The van der Waals surface area contributed by atoms with Gasteiger partial charge in [0.1, 0.15) is 5.82 Å². The first-order valence-corrected chi connectivity index (χ1v) is 4.61. The zero-order valence-electron chi connectivity index (χ0n) is 7.81. The fraction of sp³-hybridized carbons (Fsp3) is 0.300. The fourth-order valence-electron chi connectivity index (χ4n) is 1.14. The number of nitrogens with one attached hydrogen (secondary N) is 1. The van der Waals surface area contributed by atoms with E-state index in [4.69, 9.17) is 11.6 Å². The van der Waals surface area contributed by atoms with Crippen LogP contribution in [0.25, 0.3) is 0 Å². The Balaban J connectivity index is 2.68. The van der Waals surface area contributed by atoms with Gasteiger partial charge in [0.2, 0.25) is 0 Å². The van der Waals surface area contributed by atoms with E-state index in [0.717, 1.165) is 5.56 Å². The summed E-state index contributed by atoms with van der Waals surface area (Å²) in [5, 5.41) is 2.81. The zero-order valence-corrected chi connectivity index (χ0v) is 8.57. The van der Waals surface area contributed by atoms with Crippen molar-refractivity contribution in [3.8, 4) is 0 Å². The lowest BCUT2D eigenvalue weighted by Gasteiger charge is -2.01. The third-order valence-corrected chi connectivity index (χ3v) is 2.05. The van der Waals surface area contributed by atoms with Crippen LogP contribution < -0.4 is 5.32 Å². The van der Waals surface area contributed by atoms with Crippen LogP contribution in [0.4, 0.5) is 4.39 Å². The minimum absolute atomic E-state index is 0.0511. The molecule has 0 amide bonds. The summed E-state index contributed by atoms with van der Waals surface area (Å²) in [5.74, 6) is -0.411. The van der Waals surface area contributed by atoms with E-state index in [1.54, 1.807) is 13.1 Å². The molecular weight excluding hydrogens is 205 g/mol. The minimum Gasteiger partial charge on any atom is -0.313 e. The van der Waals surface area contributed by atoms with Gasteiger partial charge in [0.05, 0.1) is 11.6 Å². The molecule has 1 aromatic carbocycles. The van der Waals surface area contributed by atoms with E-state index in [9.17, 15) is 9.18 Å². The number of Topliss-reactive ketones (excluding diaryl/α,β-unsaturated/α-hetero) is 1. The van der Waals surface area contributed by atoms with E-state index >= 15 is 0 Å². The van der Waals surface area contributed by atoms with Crippen LogP contribution in [0.2, 0.25) is 5.02 Å². The Morgan fingerprint density at radius 3 is 2.86 bits per heavy atom. The van der Waals surface area contributed by atoms with Crippen molar-refractivity contribution < 1.29 is 9.18 Å². The van der Waals surface area contributed by atoms with Gasteiger partial charge in [0.15, 0.2) is 5.78 Å². The van der Waals surface area contributed by atoms with Crippen molar-refractivity contribution in [1.82, 2.24) is 5.32 Å². The summed E-state index contributed by atoms with van der Waals surface area (Å²) in [5.41, 5.74) is 0.733. The molecule has 0 aliphatic rings. The van der Waals surface area contributed by atoms with Crippen molar-refractivity contribution in [2.45, 2.75) is 6.42 Å². The molecule has 0 fully saturated rings. The minimum atomic E-state index is -0.462. The van der Waals surface area contributed by atoms with Gasteiger partial charge in [-0.15, -0.1) is 0 Å². The number of benzene rings is 1. The Morgan fingerprint density at radius 2 is 2.29 bits per heavy atom. The number of likely N-dealkylation sites (N-methyl/N-ethyl adjacent to an activating group) is 1. The highest BCUT2D eigenvalue weighted by Crippen LogP contribution is 2.16. The molecular formula is C10H11ClFNO. The van der Waals surface area contributed by atoms with Crippen molar-refractivity contribution >= 4 is 17.4 Å². The van der Waals surface area contributed by atoms with Gasteiger partial charge < -0.3 is 5.32 Å². The average Bonchev–Trinajstić information content (AvgIpc) is 2.12. The SMILES string of the molecule is CNCC(=O)Cc1ccc(F)c(Cl)c1. The number of halogens is 2. The summed E-state index contributed by atoms with van der Waals surface area (Å²) < 4.78 is 12.8. The molecule has 0 aliphatic carbocycles. The average molecular weight is 216 g/mol. The second-order valence-electron chi connectivity index (χ2n) is 2.99. The lowest BCUT2D eigenvalue weighted by atomic mass is 10.1. The van der Waals surface area contributed by atoms with Crippen LogP contribution in [0.5, 0.6) is 0 Å². The predicted octanol–water partition coefficient (Wildman–Crippen LogP) is 1.81. The van der Waals surface area contributed by atoms with E-state index in [1.807, 2.05) is 0 Å². The fourth-order valence-corrected chi connectivity index (χ4v) is 1.34. The van der Waals surface area contributed by atoms with Gasteiger partial charge in [0.25, 0.3) is 0 Å². The molecule has 2 nitrogen and oxygen atoms in total. The van der Waals surface area contributed by atoms with Gasteiger partial charge in [-0.2, -0.15) is 0 Å². The molecule has 4 heteroatoms. The maximum absolute atomic E-state index is 12.8. The molecule has 0 aromatic heterocycles. The lowest BCUT2D eigenvalue weighted by molar-refractivity contribution is -0.117. The maximum atomic E-state index is 12.8. The number of carbonyl (C=O) groups is 1. The Labute approximate surface area is 87.1 Å². The smallest absolute Gasteiger partial charge is 0.150 e. The molecule has 0 aliphatic heterocycles. The van der Waals surface area contributed by atoms with Crippen LogP contribution in [0.1, 0.15) is 5.56 Å². The van der Waals surface area contributed by atoms with Crippen LogP contribution in [-0.2, 0) is 11.2 Å². The summed E-state index contributed by atoms with van der Waals surface area (Å²) in [4.78, 5) is 11.2. The number of ketones is 1. The molecule has 14 heavy (non-hydrogen) atoms. The van der Waals surface area contributed by atoms with Crippen molar-refractivity contribution in [2.75, 3.05) is 13.6 Å². The molecule has 0 atom stereocenters. The molecule has 0 unspecified atom stereocenters. The van der Waals surface area contributed by atoms with Gasteiger partial charge in [0, 0.05) is 6.42 Å². The number of rotatable bonds is 4. The number of hydrogen-bond acceptors (Lipinski definition) is 2. The first kappa shape index (κ1) is 11.1. The van der Waals surface area contributed by atoms with Crippen LogP contribution in [0.3, 0.4) is 0 Å². The van der Waals surface area contributed by atoms with E-state index in [1.165, 1.54) is 12.1 Å². The Kier molecular flexibility index (Phi) is 4.04. The van der Waals surface area contributed by atoms with Gasteiger partial charge >= 0.3 is 0 Å². The second-order valence-corrected chi connectivity index (χ2v) is 3.40. The molecule has 0 saturated carbocycles. The summed E-state index contributed by atoms with van der Waals surface area (Å²) in [6.45, 7) is 0.314. The van der Waals surface area contributed by atoms with Crippen molar-refractivity contribution in [3.05, 3.63) is 34.6 Å². The molecule has 0 radical (unpaired) electrons. The summed E-state index contributed by atoms with van der Waals surface area (Å²) in [6, 6.07) is 4.31. The first-order valence-electron chi connectivity index (χ1n) is 4.23. The molecule has 0 heterocycles. The van der Waals surface area contributed by atoms with Crippen molar-refractivity contribution in [2.24, 2.45) is 0 Å². The highest BCUT2D eigenvalue weighted by molar-refractivity contribution is 6.30. The van der Waals surface area contributed by atoms with E-state index in [0.29, 0.717) is 6.54 Å². The molecule has 76 valence electrons. The molecule has 1 rings (SSSR count). The zero-order chi connectivity index (χ0) is 10.6. The van der Waals surface area contributed by atoms with Crippen LogP contribution in [0, 0.1) is 5.82 Å². The van der Waals surface area contributed by atoms with Crippen molar-refractivity contribution in [1.29, 1.82) is 0 Å². The summed E-state index contributed by atoms with van der Waals surface area (Å²) in [6.07, 6.45) is 0.279. The molecule has 0 bridgehead atoms. The van der Waals surface area contributed by atoms with Gasteiger partial charge in [-0.3, -0.25) is 4.79 Å². The Bertz CT molecular complexity index is 341. The highest BCUT2D eigenvalue weighted by Gasteiger charge is 2.05. The van der Waals surface area contributed by atoms with E-state index in [-0.39, 0.29) is 17.2 Å². The van der Waals surface area contributed by atoms with E-state index in [2.05, 4.69) is 5.32 Å². The molecule has 0 saturated heterocycles. The highest BCUT2D eigenvalue weighted by atomic mass is 35.5. The summed E-state index contributed by atoms with van der Waals surface area (Å²) in [7, 11) is 1.70. The topological polar surface area (TPSA) is 29.1 Å². The third kappa shape index (κ3) is 3.09. The van der Waals surface area contributed by atoms with Crippen LogP contribution >= 0.6 is 11.6 Å². The largest absolute Gasteiger partial charge is 0.313 e. The normalized spacial score (nSPS) is 10.2. The molecule has 0 spiro atoms. The van der Waals surface area contributed by atoms with Gasteiger partial charge in [-0.05, 0) is 24.7 Å². The lowest BCUT2D eigenvalue weighted by Crippen LogP contribution is -2.20. The van der Waals surface area contributed by atoms with Crippen molar-refractivity contribution in [3.63, 3.8) is 0 Å². The molecule has 1 N–H and O–H groups in total. The maximum Gasteiger partial charge on any atom is 0.150 e. The number of carbonyl (C=O) groups excluding carboxylic acids is 1. The summed E-state index contributed by atoms with van der Waals surface area (Å²) >= 11 is 5.57. The third-order valence-electron chi connectivity index (χ3n) is 1.76. The number of hydrogen-bond donors (Lipinski definition) is 1. The van der Waals surface area contributed by atoms with Crippen LogP contribution in [0.15, 0.2) is 18.2 Å².